The number of carbonyl (C=O) groups is 1. The number of carbonyl (C=O) groups excluding carboxylic acids is 1. The molecule has 0 unspecified atom stereocenters. The summed E-state index contributed by atoms with van der Waals surface area (Å²) in [6.07, 6.45) is 0. The lowest BCUT2D eigenvalue weighted by Crippen LogP contribution is -2.48. The second-order valence-corrected chi connectivity index (χ2v) is 4.68. The summed E-state index contributed by atoms with van der Waals surface area (Å²) in [6.45, 7) is 1.24. The predicted octanol–water partition coefficient (Wildman–Crippen LogP) is 1.52. The predicted molar refractivity (Wildman–Crippen MR) is 65.8 cm³/mol. The zero-order chi connectivity index (χ0) is 12.4. The van der Waals surface area contributed by atoms with Crippen molar-refractivity contribution in [3.05, 3.63) is 32.8 Å². The number of nitrogens with zero attached hydrogens (tertiary/aromatic N) is 1. The Bertz CT molecular complexity index is 474. The second kappa shape index (κ2) is 4.80. The van der Waals surface area contributed by atoms with Gasteiger partial charge in [0.2, 0.25) is 5.91 Å². The maximum atomic E-state index is 11.7. The highest BCUT2D eigenvalue weighted by atomic mass is 79.9. The Morgan fingerprint density at radius 1 is 1.53 bits per heavy atom. The molecule has 0 aromatic heterocycles. The zero-order valence-corrected chi connectivity index (χ0v) is 10.4. The van der Waals surface area contributed by atoms with Crippen molar-refractivity contribution in [2.75, 3.05) is 18.4 Å². The summed E-state index contributed by atoms with van der Waals surface area (Å²) in [6, 6.07) is 4.54. The molecule has 17 heavy (non-hydrogen) atoms. The lowest BCUT2D eigenvalue weighted by Gasteiger charge is -2.25. The summed E-state index contributed by atoms with van der Waals surface area (Å²) in [5.74, 6) is -0.285. The van der Waals surface area contributed by atoms with Crippen LogP contribution in [0.5, 0.6) is 0 Å². The van der Waals surface area contributed by atoms with Gasteiger partial charge in [-0.05, 0) is 12.1 Å². The quantitative estimate of drug-likeness (QED) is 0.654. The molecule has 90 valence electrons. The van der Waals surface area contributed by atoms with E-state index in [-0.39, 0.29) is 23.2 Å². The van der Waals surface area contributed by atoms with Crippen molar-refractivity contribution in [3.63, 3.8) is 0 Å². The Hall–Kier alpha value is -1.47. The smallest absolute Gasteiger partial charge is 0.293 e. The minimum Gasteiger partial charge on any atom is -0.320 e. The van der Waals surface area contributed by atoms with Gasteiger partial charge in [-0.1, -0.05) is 15.9 Å². The molecule has 0 atom stereocenters. The van der Waals surface area contributed by atoms with Crippen LogP contribution in [0, 0.1) is 16.0 Å². The standard InChI is InChI=1S/C10H10BrN3O3/c11-7-1-2-8(9(3-7)14(16)17)13-10(15)6-4-12-5-6/h1-3,6,12H,4-5H2,(H,13,15). The average molecular weight is 300 g/mol. The topological polar surface area (TPSA) is 84.3 Å². The van der Waals surface area contributed by atoms with Gasteiger partial charge >= 0.3 is 0 Å². The van der Waals surface area contributed by atoms with E-state index in [0.29, 0.717) is 17.6 Å². The number of hydrogen-bond acceptors (Lipinski definition) is 4. The van der Waals surface area contributed by atoms with Gasteiger partial charge in [0.05, 0.1) is 10.8 Å². The molecule has 1 saturated heterocycles. The van der Waals surface area contributed by atoms with Gasteiger partial charge in [0, 0.05) is 23.6 Å². The first-order valence-corrected chi connectivity index (χ1v) is 5.83. The van der Waals surface area contributed by atoms with E-state index in [1.54, 1.807) is 6.07 Å². The molecule has 0 spiro atoms. The number of nitrogens with one attached hydrogen (secondary N) is 2. The first kappa shape index (κ1) is 12.0. The van der Waals surface area contributed by atoms with Gasteiger partial charge in [-0.15, -0.1) is 0 Å². The van der Waals surface area contributed by atoms with Crippen LogP contribution in [-0.2, 0) is 4.79 Å². The summed E-state index contributed by atoms with van der Waals surface area (Å²) >= 11 is 3.16. The molecule has 0 bridgehead atoms. The number of nitro benzene ring substituents is 1. The van der Waals surface area contributed by atoms with Gasteiger partial charge < -0.3 is 10.6 Å². The summed E-state index contributed by atoms with van der Waals surface area (Å²) in [5, 5.41) is 16.4. The van der Waals surface area contributed by atoms with Crippen molar-refractivity contribution >= 4 is 33.2 Å². The largest absolute Gasteiger partial charge is 0.320 e. The SMILES string of the molecule is O=C(Nc1ccc(Br)cc1[N+](=O)[O-])C1CNC1. The molecule has 1 heterocycles. The fourth-order valence-corrected chi connectivity index (χ4v) is 1.82. The fourth-order valence-electron chi connectivity index (χ4n) is 1.47. The molecule has 1 fully saturated rings. The summed E-state index contributed by atoms with van der Waals surface area (Å²) in [4.78, 5) is 22.0. The van der Waals surface area contributed by atoms with Crippen LogP contribution in [0.3, 0.4) is 0 Å². The van der Waals surface area contributed by atoms with Crippen LogP contribution in [0.25, 0.3) is 0 Å². The highest BCUT2D eigenvalue weighted by Crippen LogP contribution is 2.28. The summed E-state index contributed by atoms with van der Waals surface area (Å²) in [5.41, 5.74) is 0.120. The van der Waals surface area contributed by atoms with Crippen molar-refractivity contribution < 1.29 is 9.72 Å². The van der Waals surface area contributed by atoms with Crippen molar-refractivity contribution in [1.82, 2.24) is 5.32 Å². The van der Waals surface area contributed by atoms with Gasteiger partial charge in [0.1, 0.15) is 5.69 Å². The van der Waals surface area contributed by atoms with Crippen LogP contribution in [-0.4, -0.2) is 23.9 Å². The van der Waals surface area contributed by atoms with Gasteiger partial charge in [-0.2, -0.15) is 0 Å². The first-order valence-electron chi connectivity index (χ1n) is 5.03. The van der Waals surface area contributed by atoms with E-state index in [1.807, 2.05) is 0 Å². The number of anilines is 1. The van der Waals surface area contributed by atoms with Crippen LogP contribution >= 0.6 is 15.9 Å². The van der Waals surface area contributed by atoms with E-state index in [0.717, 1.165) is 0 Å². The maximum absolute atomic E-state index is 11.7. The van der Waals surface area contributed by atoms with Crippen molar-refractivity contribution in [1.29, 1.82) is 0 Å². The van der Waals surface area contributed by atoms with E-state index in [2.05, 4.69) is 26.6 Å². The number of rotatable bonds is 3. The first-order chi connectivity index (χ1) is 8.08. The number of amides is 1. The molecular formula is C10H10BrN3O3. The number of halogens is 1. The molecule has 0 radical (unpaired) electrons. The highest BCUT2D eigenvalue weighted by Gasteiger charge is 2.26. The minimum absolute atomic E-state index is 0.0988. The Balaban J connectivity index is 2.19. The molecule has 6 nitrogen and oxygen atoms in total. The Morgan fingerprint density at radius 2 is 2.24 bits per heavy atom. The Kier molecular flexibility index (Phi) is 3.39. The molecule has 0 aliphatic carbocycles. The normalized spacial score (nSPS) is 15.1. The van der Waals surface area contributed by atoms with Crippen LogP contribution < -0.4 is 10.6 Å². The highest BCUT2D eigenvalue weighted by molar-refractivity contribution is 9.10. The molecule has 0 saturated carbocycles. The third kappa shape index (κ3) is 2.62. The van der Waals surface area contributed by atoms with E-state index >= 15 is 0 Å². The van der Waals surface area contributed by atoms with E-state index in [1.165, 1.54) is 12.1 Å². The summed E-state index contributed by atoms with van der Waals surface area (Å²) < 4.78 is 0.604. The Morgan fingerprint density at radius 3 is 2.76 bits per heavy atom. The number of benzene rings is 1. The average Bonchev–Trinajstić information content (AvgIpc) is 2.17. The van der Waals surface area contributed by atoms with Gasteiger partial charge in [0.15, 0.2) is 0 Å². The van der Waals surface area contributed by atoms with Crippen LogP contribution in [0.15, 0.2) is 22.7 Å². The lowest BCUT2D eigenvalue weighted by molar-refractivity contribution is -0.384. The van der Waals surface area contributed by atoms with Crippen LogP contribution in [0.2, 0.25) is 0 Å². The third-order valence-electron chi connectivity index (χ3n) is 2.57. The summed E-state index contributed by atoms with van der Waals surface area (Å²) in [7, 11) is 0. The van der Waals surface area contributed by atoms with E-state index in [9.17, 15) is 14.9 Å². The number of nitro groups is 1. The molecule has 2 rings (SSSR count). The van der Waals surface area contributed by atoms with E-state index < -0.39 is 4.92 Å². The van der Waals surface area contributed by atoms with Gasteiger partial charge in [-0.3, -0.25) is 14.9 Å². The third-order valence-corrected chi connectivity index (χ3v) is 3.06. The minimum atomic E-state index is -0.514. The van der Waals surface area contributed by atoms with Crippen molar-refractivity contribution in [2.24, 2.45) is 5.92 Å². The fraction of sp³-hybridized carbons (Fsp3) is 0.300. The Labute approximate surface area is 106 Å². The van der Waals surface area contributed by atoms with E-state index in [4.69, 9.17) is 0 Å². The number of hydrogen-bond donors (Lipinski definition) is 2. The van der Waals surface area contributed by atoms with Crippen molar-refractivity contribution in [2.45, 2.75) is 0 Å². The molecule has 1 aliphatic rings. The molecule has 1 amide bonds. The molecule has 1 aromatic rings. The molecule has 2 N–H and O–H groups in total. The molecular weight excluding hydrogens is 290 g/mol. The maximum Gasteiger partial charge on any atom is 0.293 e. The zero-order valence-electron chi connectivity index (χ0n) is 8.77. The molecule has 1 aliphatic heterocycles. The monoisotopic (exact) mass is 299 g/mol. The second-order valence-electron chi connectivity index (χ2n) is 3.76. The van der Waals surface area contributed by atoms with Gasteiger partial charge in [-0.25, -0.2) is 0 Å². The van der Waals surface area contributed by atoms with Gasteiger partial charge in [0.25, 0.3) is 5.69 Å². The molecule has 7 heteroatoms. The lowest BCUT2D eigenvalue weighted by atomic mass is 10.0. The molecule has 1 aromatic carbocycles. The van der Waals surface area contributed by atoms with Crippen molar-refractivity contribution in [3.8, 4) is 0 Å². The van der Waals surface area contributed by atoms with Crippen LogP contribution in [0.4, 0.5) is 11.4 Å². The van der Waals surface area contributed by atoms with Crippen LogP contribution in [0.1, 0.15) is 0 Å².